The molecule has 4 rings (SSSR count). The minimum absolute atomic E-state index is 0.168. The molecule has 1 fully saturated rings. The molecule has 7 nitrogen and oxygen atoms in total. The molecule has 0 aliphatic heterocycles. The van der Waals surface area contributed by atoms with Crippen molar-refractivity contribution in [3.63, 3.8) is 0 Å². The number of alkyl carbamates (subject to hydrolysis) is 1. The van der Waals surface area contributed by atoms with Crippen LogP contribution in [0.4, 0.5) is 18.0 Å². The number of halogens is 3. The van der Waals surface area contributed by atoms with Crippen molar-refractivity contribution in [2.75, 3.05) is 6.61 Å². The number of fused-ring (bicyclic) bond motifs is 3. The van der Waals surface area contributed by atoms with Crippen molar-refractivity contribution < 1.29 is 37.4 Å². The minimum atomic E-state index is -4.90. The summed E-state index contributed by atoms with van der Waals surface area (Å²) < 4.78 is 45.8. The van der Waals surface area contributed by atoms with E-state index in [0.29, 0.717) is 19.3 Å². The Morgan fingerprint density at radius 2 is 1.60 bits per heavy atom. The third-order valence-corrected chi connectivity index (χ3v) is 6.60. The van der Waals surface area contributed by atoms with Crippen LogP contribution in [0, 0.1) is 5.92 Å². The first-order valence-corrected chi connectivity index (χ1v) is 11.4. The van der Waals surface area contributed by atoms with Gasteiger partial charge in [-0.05, 0) is 35.1 Å². The molecular weight excluding hydrogens is 465 g/mol. The maximum atomic E-state index is 13.6. The molecule has 0 heterocycles. The van der Waals surface area contributed by atoms with Crippen LogP contribution in [0.3, 0.4) is 0 Å². The smallest absolute Gasteiger partial charge is 0.409 e. The van der Waals surface area contributed by atoms with Crippen LogP contribution in [0.5, 0.6) is 0 Å². The highest BCUT2D eigenvalue weighted by atomic mass is 19.4. The van der Waals surface area contributed by atoms with Gasteiger partial charge in [-0.15, -0.1) is 0 Å². The fourth-order valence-corrected chi connectivity index (χ4v) is 4.91. The van der Waals surface area contributed by atoms with Gasteiger partial charge in [0.25, 0.3) is 0 Å². The lowest BCUT2D eigenvalue weighted by Gasteiger charge is -2.23. The maximum absolute atomic E-state index is 13.6. The Kier molecular flexibility index (Phi) is 7.00. The third-order valence-electron chi connectivity index (χ3n) is 6.60. The Morgan fingerprint density at radius 3 is 2.17 bits per heavy atom. The molecule has 186 valence electrons. The molecule has 35 heavy (non-hydrogen) atoms. The van der Waals surface area contributed by atoms with Crippen molar-refractivity contribution in [3.05, 3.63) is 59.7 Å². The summed E-state index contributed by atoms with van der Waals surface area (Å²) in [6.07, 6.45) is -5.98. The predicted octanol–water partition coefficient (Wildman–Crippen LogP) is 4.22. The Bertz CT molecular complexity index is 1070. The van der Waals surface area contributed by atoms with E-state index in [1.807, 2.05) is 48.5 Å². The van der Waals surface area contributed by atoms with Gasteiger partial charge in [-0.1, -0.05) is 55.0 Å². The highest BCUT2D eigenvalue weighted by Crippen LogP contribution is 2.44. The molecule has 1 saturated carbocycles. The molecule has 0 aromatic heterocycles. The first-order chi connectivity index (χ1) is 16.6. The summed E-state index contributed by atoms with van der Waals surface area (Å²) in [5.41, 5.74) is 3.79. The Hall–Kier alpha value is -3.56. The van der Waals surface area contributed by atoms with Gasteiger partial charge in [0.15, 0.2) is 0 Å². The van der Waals surface area contributed by atoms with E-state index in [4.69, 9.17) is 4.74 Å². The number of benzene rings is 2. The first-order valence-electron chi connectivity index (χ1n) is 11.4. The molecule has 2 aromatic rings. The standard InChI is InChI=1S/C25H25F3N2O5/c26-25(27,28)21(12-22(31)29-20-11-5-10-18(20)23(32)33)30-24(34)35-13-19-16-8-3-1-6-14(16)15-7-2-4-9-17(15)19/h1-4,6-9,18-21H,5,10-13H2,(H,29,31)(H,30,34)(H,32,33). The molecule has 0 spiro atoms. The number of carboxylic acids is 1. The van der Waals surface area contributed by atoms with Crippen LogP contribution in [-0.2, 0) is 14.3 Å². The molecule has 2 aromatic carbocycles. The monoisotopic (exact) mass is 490 g/mol. The number of carboxylic acid groups (broad SMARTS) is 1. The second-order valence-electron chi connectivity index (χ2n) is 8.82. The van der Waals surface area contributed by atoms with Crippen molar-refractivity contribution in [1.29, 1.82) is 0 Å². The average Bonchev–Trinajstić information content (AvgIpc) is 3.39. The summed E-state index contributed by atoms with van der Waals surface area (Å²) in [7, 11) is 0. The normalized spacial score (nSPS) is 20.0. The van der Waals surface area contributed by atoms with E-state index in [1.165, 1.54) is 0 Å². The van der Waals surface area contributed by atoms with Gasteiger partial charge in [0.1, 0.15) is 12.6 Å². The van der Waals surface area contributed by atoms with E-state index in [0.717, 1.165) is 22.3 Å². The van der Waals surface area contributed by atoms with Crippen molar-refractivity contribution in [1.82, 2.24) is 10.6 Å². The van der Waals surface area contributed by atoms with Gasteiger partial charge in [0, 0.05) is 12.0 Å². The van der Waals surface area contributed by atoms with E-state index < -0.39 is 48.6 Å². The number of hydrogen-bond acceptors (Lipinski definition) is 4. The summed E-state index contributed by atoms with van der Waals surface area (Å²) in [6.45, 7) is -0.168. The lowest BCUT2D eigenvalue weighted by Crippen LogP contribution is -2.50. The highest BCUT2D eigenvalue weighted by Gasteiger charge is 2.43. The molecule has 2 aliphatic rings. The summed E-state index contributed by atoms with van der Waals surface area (Å²) in [6, 6.07) is 11.9. The number of alkyl halides is 3. The molecule has 0 bridgehead atoms. The molecule has 3 N–H and O–H groups in total. The molecule has 3 atom stereocenters. The second-order valence-corrected chi connectivity index (χ2v) is 8.82. The van der Waals surface area contributed by atoms with Crippen LogP contribution in [0.15, 0.2) is 48.5 Å². The molecular formula is C25H25F3N2O5. The lowest BCUT2D eigenvalue weighted by atomic mass is 9.98. The number of aliphatic carboxylic acids is 1. The summed E-state index contributed by atoms with van der Waals surface area (Å²) in [5.74, 6) is -3.24. The fourth-order valence-electron chi connectivity index (χ4n) is 4.91. The Labute approximate surface area is 199 Å². The second kappa shape index (κ2) is 9.97. The number of ether oxygens (including phenoxy) is 1. The molecule has 2 amide bonds. The molecule has 0 radical (unpaired) electrons. The minimum Gasteiger partial charge on any atom is -0.481 e. The van der Waals surface area contributed by atoms with Gasteiger partial charge in [-0.25, -0.2) is 4.79 Å². The number of nitrogens with one attached hydrogen (secondary N) is 2. The van der Waals surface area contributed by atoms with Gasteiger partial charge in [-0.3, -0.25) is 9.59 Å². The quantitative estimate of drug-likeness (QED) is 0.539. The molecule has 10 heteroatoms. The summed E-state index contributed by atoms with van der Waals surface area (Å²) in [5, 5.41) is 13.3. The predicted molar refractivity (Wildman–Crippen MR) is 120 cm³/mol. The number of amides is 2. The van der Waals surface area contributed by atoms with Crippen LogP contribution in [0.1, 0.15) is 42.7 Å². The van der Waals surface area contributed by atoms with Gasteiger partial charge >= 0.3 is 18.2 Å². The molecule has 2 aliphatic carbocycles. The van der Waals surface area contributed by atoms with E-state index in [-0.39, 0.29) is 12.5 Å². The zero-order chi connectivity index (χ0) is 25.2. The molecule has 3 unspecified atom stereocenters. The van der Waals surface area contributed by atoms with E-state index >= 15 is 0 Å². The van der Waals surface area contributed by atoms with Gasteiger partial charge in [0.05, 0.1) is 12.3 Å². The van der Waals surface area contributed by atoms with Crippen molar-refractivity contribution >= 4 is 18.0 Å². The van der Waals surface area contributed by atoms with Crippen molar-refractivity contribution in [3.8, 4) is 11.1 Å². The SMILES string of the molecule is O=C(CC(NC(=O)OCC1c2ccccc2-c2ccccc21)C(F)(F)F)NC1CCCC1C(=O)O. The number of carbonyl (C=O) groups is 3. The lowest BCUT2D eigenvalue weighted by molar-refractivity contribution is -0.160. The van der Waals surface area contributed by atoms with E-state index in [1.54, 1.807) is 5.32 Å². The van der Waals surface area contributed by atoms with Gasteiger partial charge < -0.3 is 20.5 Å². The average molecular weight is 490 g/mol. The van der Waals surface area contributed by atoms with Gasteiger partial charge in [0.2, 0.25) is 5.91 Å². The number of hydrogen-bond donors (Lipinski definition) is 3. The van der Waals surface area contributed by atoms with Crippen LogP contribution in [-0.4, -0.2) is 47.9 Å². The van der Waals surface area contributed by atoms with E-state index in [2.05, 4.69) is 5.32 Å². The Balaban J connectivity index is 1.37. The van der Waals surface area contributed by atoms with Crippen LogP contribution in [0.25, 0.3) is 11.1 Å². The summed E-state index contributed by atoms with van der Waals surface area (Å²) >= 11 is 0. The topological polar surface area (TPSA) is 105 Å². The maximum Gasteiger partial charge on any atom is 0.409 e. The van der Waals surface area contributed by atoms with Crippen molar-refractivity contribution in [2.24, 2.45) is 5.92 Å². The summed E-state index contributed by atoms with van der Waals surface area (Å²) in [4.78, 5) is 35.8. The van der Waals surface area contributed by atoms with Crippen LogP contribution < -0.4 is 10.6 Å². The van der Waals surface area contributed by atoms with Gasteiger partial charge in [-0.2, -0.15) is 13.2 Å². The first kappa shape index (κ1) is 24.6. The van der Waals surface area contributed by atoms with Crippen LogP contribution in [0.2, 0.25) is 0 Å². The zero-order valence-electron chi connectivity index (χ0n) is 18.7. The Morgan fingerprint density at radius 1 is 1.00 bits per heavy atom. The van der Waals surface area contributed by atoms with E-state index in [9.17, 15) is 32.7 Å². The zero-order valence-corrected chi connectivity index (χ0v) is 18.7. The van der Waals surface area contributed by atoms with Crippen LogP contribution >= 0.6 is 0 Å². The molecule has 0 saturated heterocycles. The van der Waals surface area contributed by atoms with Crippen molar-refractivity contribution in [2.45, 2.75) is 49.9 Å². The number of carbonyl (C=O) groups excluding carboxylic acids is 2. The largest absolute Gasteiger partial charge is 0.481 e. The highest BCUT2D eigenvalue weighted by molar-refractivity contribution is 5.80. The third kappa shape index (κ3) is 5.41. The fraction of sp³-hybridized carbons (Fsp3) is 0.400. The number of rotatable bonds is 7.